The summed E-state index contributed by atoms with van der Waals surface area (Å²) in [7, 11) is 0. The van der Waals surface area contributed by atoms with Crippen LogP contribution in [0.4, 0.5) is 0 Å². The molecule has 0 fully saturated rings. The standard InChI is InChI=1S/C6H12N2O3/c1-5(10)2-7-6(4-9)3-8-11/h6-7,9H,2-4H2,1H3. The van der Waals surface area contributed by atoms with E-state index in [4.69, 9.17) is 5.11 Å². The van der Waals surface area contributed by atoms with Gasteiger partial charge in [0, 0.05) is 0 Å². The first kappa shape index (κ1) is 10.2. The smallest absolute Gasteiger partial charge is 0.143 e. The van der Waals surface area contributed by atoms with Crippen molar-refractivity contribution in [1.82, 2.24) is 5.32 Å². The normalized spacial score (nSPS) is 12.5. The third-order valence-corrected chi connectivity index (χ3v) is 1.15. The Balaban J connectivity index is 3.51. The van der Waals surface area contributed by atoms with Crippen LogP contribution >= 0.6 is 0 Å². The zero-order valence-corrected chi connectivity index (χ0v) is 6.41. The van der Waals surface area contributed by atoms with Crippen molar-refractivity contribution >= 4 is 5.78 Å². The highest BCUT2D eigenvalue weighted by atomic mass is 16.3. The molecule has 0 amide bonds. The van der Waals surface area contributed by atoms with E-state index in [2.05, 4.69) is 10.5 Å². The Labute approximate surface area is 64.8 Å². The molecular weight excluding hydrogens is 148 g/mol. The molecule has 1 unspecified atom stereocenters. The van der Waals surface area contributed by atoms with E-state index in [1.807, 2.05) is 0 Å². The van der Waals surface area contributed by atoms with Gasteiger partial charge in [0.1, 0.15) is 5.78 Å². The quantitative estimate of drug-likeness (QED) is 0.503. The van der Waals surface area contributed by atoms with Crippen molar-refractivity contribution in [2.75, 3.05) is 19.7 Å². The molecule has 0 aromatic carbocycles. The van der Waals surface area contributed by atoms with Crippen molar-refractivity contribution in [3.05, 3.63) is 4.91 Å². The van der Waals surface area contributed by atoms with Gasteiger partial charge >= 0.3 is 0 Å². The number of aliphatic hydroxyl groups excluding tert-OH is 1. The van der Waals surface area contributed by atoms with Crippen LogP contribution in [-0.4, -0.2) is 36.6 Å². The van der Waals surface area contributed by atoms with Crippen LogP contribution in [0.5, 0.6) is 0 Å². The van der Waals surface area contributed by atoms with Crippen molar-refractivity contribution in [3.63, 3.8) is 0 Å². The number of hydrogen-bond acceptors (Lipinski definition) is 5. The molecule has 0 heterocycles. The molecule has 0 aliphatic carbocycles. The monoisotopic (exact) mass is 160 g/mol. The average Bonchev–Trinajstić information content (AvgIpc) is 1.97. The first-order chi connectivity index (χ1) is 5.20. The molecule has 1 atom stereocenters. The average molecular weight is 160 g/mol. The fourth-order valence-electron chi connectivity index (χ4n) is 0.565. The van der Waals surface area contributed by atoms with E-state index in [0.717, 1.165) is 0 Å². The van der Waals surface area contributed by atoms with Crippen LogP contribution in [-0.2, 0) is 4.79 Å². The van der Waals surface area contributed by atoms with E-state index in [-0.39, 0.29) is 25.5 Å². The minimum Gasteiger partial charge on any atom is -0.395 e. The third kappa shape index (κ3) is 5.63. The van der Waals surface area contributed by atoms with Crippen LogP contribution in [0.25, 0.3) is 0 Å². The second-order valence-electron chi connectivity index (χ2n) is 2.27. The first-order valence-corrected chi connectivity index (χ1v) is 3.33. The Morgan fingerprint density at radius 1 is 1.73 bits per heavy atom. The Bertz CT molecular complexity index is 138. The predicted octanol–water partition coefficient (Wildman–Crippen LogP) is -0.708. The van der Waals surface area contributed by atoms with Gasteiger partial charge in [-0.3, -0.25) is 4.79 Å². The Kier molecular flexibility index (Phi) is 5.50. The van der Waals surface area contributed by atoms with Crippen molar-refractivity contribution < 1.29 is 9.90 Å². The number of rotatable bonds is 6. The van der Waals surface area contributed by atoms with Gasteiger partial charge < -0.3 is 10.4 Å². The summed E-state index contributed by atoms with van der Waals surface area (Å²) in [4.78, 5) is 20.1. The van der Waals surface area contributed by atoms with E-state index < -0.39 is 6.04 Å². The number of nitroso groups, excluding NO2 is 1. The lowest BCUT2D eigenvalue weighted by molar-refractivity contribution is -0.116. The van der Waals surface area contributed by atoms with Crippen molar-refractivity contribution in [2.45, 2.75) is 13.0 Å². The highest BCUT2D eigenvalue weighted by molar-refractivity contribution is 5.77. The predicted molar refractivity (Wildman–Crippen MR) is 40.2 cm³/mol. The molecular formula is C6H12N2O3. The summed E-state index contributed by atoms with van der Waals surface area (Å²) in [6.07, 6.45) is 0. The summed E-state index contributed by atoms with van der Waals surface area (Å²) in [5, 5.41) is 13.9. The summed E-state index contributed by atoms with van der Waals surface area (Å²) in [6.45, 7) is 1.40. The molecule has 0 aliphatic heterocycles. The Morgan fingerprint density at radius 3 is 2.73 bits per heavy atom. The molecule has 11 heavy (non-hydrogen) atoms. The van der Waals surface area contributed by atoms with Gasteiger partial charge in [-0.05, 0) is 6.92 Å². The molecule has 0 rings (SSSR count). The highest BCUT2D eigenvalue weighted by Gasteiger charge is 2.06. The lowest BCUT2D eigenvalue weighted by atomic mass is 10.3. The van der Waals surface area contributed by atoms with Crippen LogP contribution in [0, 0.1) is 4.91 Å². The van der Waals surface area contributed by atoms with Gasteiger partial charge in [0.05, 0.1) is 25.7 Å². The van der Waals surface area contributed by atoms with Crippen LogP contribution in [0.2, 0.25) is 0 Å². The molecule has 64 valence electrons. The molecule has 0 saturated heterocycles. The van der Waals surface area contributed by atoms with Gasteiger partial charge in [-0.25, -0.2) is 0 Å². The van der Waals surface area contributed by atoms with E-state index in [9.17, 15) is 9.70 Å². The number of hydrogen-bond donors (Lipinski definition) is 2. The molecule has 0 aromatic rings. The second kappa shape index (κ2) is 5.94. The summed E-state index contributed by atoms with van der Waals surface area (Å²) in [6, 6.07) is -0.392. The van der Waals surface area contributed by atoms with Crippen molar-refractivity contribution in [3.8, 4) is 0 Å². The number of ketones is 1. The van der Waals surface area contributed by atoms with Gasteiger partial charge in [0.15, 0.2) is 0 Å². The van der Waals surface area contributed by atoms with Crippen molar-refractivity contribution in [2.24, 2.45) is 5.18 Å². The second-order valence-corrected chi connectivity index (χ2v) is 2.27. The molecule has 2 N–H and O–H groups in total. The molecule has 0 bridgehead atoms. The maximum absolute atomic E-state index is 10.4. The van der Waals surface area contributed by atoms with E-state index >= 15 is 0 Å². The summed E-state index contributed by atoms with van der Waals surface area (Å²) >= 11 is 0. The number of aliphatic hydroxyl groups is 1. The van der Waals surface area contributed by atoms with Crippen LogP contribution in [0.15, 0.2) is 5.18 Å². The van der Waals surface area contributed by atoms with Crippen LogP contribution in [0.1, 0.15) is 6.92 Å². The summed E-state index contributed by atoms with van der Waals surface area (Å²) in [5.74, 6) is -0.0330. The molecule has 0 spiro atoms. The van der Waals surface area contributed by atoms with Crippen LogP contribution < -0.4 is 5.32 Å². The van der Waals surface area contributed by atoms with E-state index in [1.165, 1.54) is 6.92 Å². The highest BCUT2D eigenvalue weighted by Crippen LogP contribution is 1.82. The van der Waals surface area contributed by atoms with Gasteiger partial charge in [0.25, 0.3) is 0 Å². The summed E-state index contributed by atoms with van der Waals surface area (Å²) in [5.41, 5.74) is 0. The third-order valence-electron chi connectivity index (χ3n) is 1.15. The Hall–Kier alpha value is -0.810. The maximum atomic E-state index is 10.4. The number of carbonyl (C=O) groups is 1. The minimum atomic E-state index is -0.392. The van der Waals surface area contributed by atoms with Gasteiger partial charge in [-0.1, -0.05) is 5.18 Å². The van der Waals surface area contributed by atoms with Crippen molar-refractivity contribution in [1.29, 1.82) is 0 Å². The number of Topliss-reactive ketones (excluding diaryl/α,β-unsaturated/α-hetero) is 1. The fourth-order valence-corrected chi connectivity index (χ4v) is 0.565. The molecule has 0 radical (unpaired) electrons. The fraction of sp³-hybridized carbons (Fsp3) is 0.833. The van der Waals surface area contributed by atoms with E-state index in [1.54, 1.807) is 0 Å². The zero-order chi connectivity index (χ0) is 8.69. The number of nitrogens with one attached hydrogen (secondary N) is 1. The molecule has 0 aromatic heterocycles. The SMILES string of the molecule is CC(=O)CNC(CO)CN=O. The van der Waals surface area contributed by atoms with E-state index in [0.29, 0.717) is 0 Å². The Morgan fingerprint density at radius 2 is 2.36 bits per heavy atom. The van der Waals surface area contributed by atoms with Gasteiger partial charge in [-0.2, -0.15) is 4.91 Å². The zero-order valence-electron chi connectivity index (χ0n) is 6.41. The van der Waals surface area contributed by atoms with Gasteiger partial charge in [-0.15, -0.1) is 0 Å². The largest absolute Gasteiger partial charge is 0.395 e. The van der Waals surface area contributed by atoms with Gasteiger partial charge in [0.2, 0.25) is 0 Å². The molecule has 0 aliphatic rings. The lowest BCUT2D eigenvalue weighted by Gasteiger charge is -2.09. The minimum absolute atomic E-state index is 0.0101. The number of carbonyl (C=O) groups excluding carboxylic acids is 1. The lowest BCUT2D eigenvalue weighted by Crippen LogP contribution is -2.37. The number of nitrogens with zero attached hydrogens (tertiary/aromatic N) is 1. The summed E-state index contributed by atoms with van der Waals surface area (Å²) < 4.78 is 0. The molecule has 0 saturated carbocycles. The molecule has 5 nitrogen and oxygen atoms in total. The molecule has 5 heteroatoms. The first-order valence-electron chi connectivity index (χ1n) is 3.33. The van der Waals surface area contributed by atoms with Crippen LogP contribution in [0.3, 0.4) is 0 Å². The maximum Gasteiger partial charge on any atom is 0.143 e. The topological polar surface area (TPSA) is 78.8 Å².